The van der Waals surface area contributed by atoms with E-state index >= 15 is 0 Å². The number of ether oxygens (including phenoxy) is 1. The van der Waals surface area contributed by atoms with Crippen LogP contribution in [0.3, 0.4) is 0 Å². The van der Waals surface area contributed by atoms with Crippen molar-refractivity contribution in [1.29, 1.82) is 0 Å². The molecule has 7 heteroatoms. The lowest BCUT2D eigenvalue weighted by Crippen LogP contribution is -2.54. The van der Waals surface area contributed by atoms with Gasteiger partial charge in [0.15, 0.2) is 0 Å². The maximum Gasteiger partial charge on any atom is 0.228 e. The van der Waals surface area contributed by atoms with Gasteiger partial charge in [-0.2, -0.15) is 0 Å². The molecule has 7 nitrogen and oxygen atoms in total. The van der Waals surface area contributed by atoms with Crippen molar-refractivity contribution in [2.45, 2.75) is 27.2 Å². The van der Waals surface area contributed by atoms with Crippen LogP contribution in [-0.4, -0.2) is 85.4 Å². The molecule has 0 radical (unpaired) electrons. The van der Waals surface area contributed by atoms with Gasteiger partial charge in [0.05, 0.1) is 12.5 Å². The highest BCUT2D eigenvalue weighted by atomic mass is 16.5. The molecule has 2 saturated heterocycles. The Labute approximate surface area is 143 Å². The molecule has 2 aliphatic heterocycles. The molecule has 0 aromatic carbocycles. The maximum absolute atomic E-state index is 12.7. The van der Waals surface area contributed by atoms with E-state index in [0.29, 0.717) is 45.9 Å². The summed E-state index contributed by atoms with van der Waals surface area (Å²) in [6.45, 7) is 9.44. The Bertz CT molecular complexity index is 493. The van der Waals surface area contributed by atoms with Crippen molar-refractivity contribution in [1.82, 2.24) is 14.7 Å². The van der Waals surface area contributed by atoms with Crippen molar-refractivity contribution in [3.05, 3.63) is 0 Å². The minimum atomic E-state index is -0.397. The Morgan fingerprint density at radius 3 is 2.25 bits per heavy atom. The second-order valence-corrected chi connectivity index (χ2v) is 7.60. The number of nitrogens with zero attached hydrogens (tertiary/aromatic N) is 3. The van der Waals surface area contributed by atoms with Gasteiger partial charge in [-0.05, 0) is 0 Å². The van der Waals surface area contributed by atoms with Gasteiger partial charge in [0.25, 0.3) is 0 Å². The van der Waals surface area contributed by atoms with E-state index in [1.54, 1.807) is 16.9 Å². The highest BCUT2D eigenvalue weighted by Gasteiger charge is 2.38. The number of hydrogen-bond donors (Lipinski definition) is 0. The van der Waals surface area contributed by atoms with Crippen LogP contribution in [0.1, 0.15) is 27.2 Å². The van der Waals surface area contributed by atoms with Crippen LogP contribution in [0.2, 0.25) is 0 Å². The summed E-state index contributed by atoms with van der Waals surface area (Å²) in [4.78, 5) is 42.2. The van der Waals surface area contributed by atoms with Gasteiger partial charge in [0.2, 0.25) is 17.7 Å². The zero-order valence-electron chi connectivity index (χ0n) is 15.2. The summed E-state index contributed by atoms with van der Waals surface area (Å²) in [5.74, 6) is -0.0892. The summed E-state index contributed by atoms with van der Waals surface area (Å²) in [7, 11) is 1.60. The quantitative estimate of drug-likeness (QED) is 0.734. The lowest BCUT2D eigenvalue weighted by molar-refractivity contribution is -0.146. The molecule has 0 aliphatic carbocycles. The number of hydrogen-bond acceptors (Lipinski definition) is 4. The molecule has 24 heavy (non-hydrogen) atoms. The average Bonchev–Trinajstić information content (AvgIpc) is 2.91. The van der Waals surface area contributed by atoms with Crippen molar-refractivity contribution < 1.29 is 19.1 Å². The molecule has 2 heterocycles. The van der Waals surface area contributed by atoms with Crippen LogP contribution in [0.25, 0.3) is 0 Å². The molecule has 0 aromatic heterocycles. The van der Waals surface area contributed by atoms with Crippen LogP contribution in [0.5, 0.6) is 0 Å². The van der Waals surface area contributed by atoms with E-state index < -0.39 is 5.41 Å². The second kappa shape index (κ2) is 7.51. The first-order chi connectivity index (χ1) is 11.2. The fraction of sp³-hybridized carbons (Fsp3) is 0.824. The molecule has 2 fully saturated rings. The van der Waals surface area contributed by atoms with Crippen molar-refractivity contribution in [3.63, 3.8) is 0 Å². The molecule has 3 amide bonds. The van der Waals surface area contributed by atoms with Crippen molar-refractivity contribution in [2.24, 2.45) is 11.3 Å². The van der Waals surface area contributed by atoms with Gasteiger partial charge in [0, 0.05) is 58.2 Å². The van der Waals surface area contributed by atoms with Crippen molar-refractivity contribution >= 4 is 17.7 Å². The smallest absolute Gasteiger partial charge is 0.228 e. The molecular weight excluding hydrogens is 310 g/mol. The largest absolute Gasteiger partial charge is 0.383 e. The molecule has 1 atom stereocenters. The van der Waals surface area contributed by atoms with Crippen LogP contribution in [0.4, 0.5) is 0 Å². The van der Waals surface area contributed by atoms with Crippen molar-refractivity contribution in [3.8, 4) is 0 Å². The highest BCUT2D eigenvalue weighted by Crippen LogP contribution is 2.22. The number of amides is 3. The summed E-state index contributed by atoms with van der Waals surface area (Å²) in [6.07, 6.45) is 0.281. The molecule has 0 bridgehead atoms. The lowest BCUT2D eigenvalue weighted by Gasteiger charge is -2.38. The predicted octanol–water partition coefficient (Wildman–Crippen LogP) is 0.198. The average molecular weight is 339 g/mol. The first-order valence-electron chi connectivity index (χ1n) is 8.59. The van der Waals surface area contributed by atoms with Gasteiger partial charge in [-0.25, -0.2) is 0 Å². The SMILES string of the molecule is COCCN1CC(C(=O)N2CCN(C(=O)C(C)(C)C)CC2)CC1=O. The Morgan fingerprint density at radius 2 is 1.71 bits per heavy atom. The summed E-state index contributed by atoms with van der Waals surface area (Å²) in [6, 6.07) is 0. The summed E-state index contributed by atoms with van der Waals surface area (Å²) < 4.78 is 5.00. The van der Waals surface area contributed by atoms with Gasteiger partial charge < -0.3 is 19.4 Å². The third-order valence-electron chi connectivity index (χ3n) is 4.65. The van der Waals surface area contributed by atoms with Crippen molar-refractivity contribution in [2.75, 3.05) is 53.0 Å². The third-order valence-corrected chi connectivity index (χ3v) is 4.65. The molecule has 0 N–H and O–H groups in total. The van der Waals surface area contributed by atoms with Crippen LogP contribution in [0.15, 0.2) is 0 Å². The standard InChI is InChI=1S/C17H29N3O4/c1-17(2,3)16(23)19-7-5-18(6-8-19)15(22)13-11-14(21)20(12-13)9-10-24-4/h13H,5-12H2,1-4H3. The summed E-state index contributed by atoms with van der Waals surface area (Å²) in [5, 5.41) is 0. The van der Waals surface area contributed by atoms with Crippen LogP contribution >= 0.6 is 0 Å². The maximum atomic E-state index is 12.7. The molecule has 2 aliphatic rings. The summed E-state index contributed by atoms with van der Waals surface area (Å²) in [5.41, 5.74) is -0.397. The Hall–Kier alpha value is -1.63. The number of carbonyl (C=O) groups excluding carboxylic acids is 3. The number of methoxy groups -OCH3 is 1. The van der Waals surface area contributed by atoms with Crippen LogP contribution in [-0.2, 0) is 19.1 Å². The van der Waals surface area contributed by atoms with Gasteiger partial charge in [-0.3, -0.25) is 14.4 Å². The van der Waals surface area contributed by atoms with Gasteiger partial charge in [0.1, 0.15) is 0 Å². The second-order valence-electron chi connectivity index (χ2n) is 7.60. The van der Waals surface area contributed by atoms with E-state index in [1.165, 1.54) is 0 Å². The topological polar surface area (TPSA) is 70.2 Å². The van der Waals surface area contributed by atoms with Crippen LogP contribution < -0.4 is 0 Å². The van der Waals surface area contributed by atoms with E-state index in [0.717, 1.165) is 0 Å². The van der Waals surface area contributed by atoms with E-state index in [-0.39, 0.29) is 30.1 Å². The molecule has 0 saturated carbocycles. The number of carbonyl (C=O) groups is 3. The van der Waals surface area contributed by atoms with Gasteiger partial charge >= 0.3 is 0 Å². The third kappa shape index (κ3) is 4.26. The minimum absolute atomic E-state index is 0.0203. The lowest BCUT2D eigenvalue weighted by atomic mass is 9.94. The van der Waals surface area contributed by atoms with E-state index in [4.69, 9.17) is 4.74 Å². The number of rotatable bonds is 4. The molecule has 0 aromatic rings. The zero-order valence-corrected chi connectivity index (χ0v) is 15.2. The Balaban J connectivity index is 1.85. The van der Waals surface area contributed by atoms with Gasteiger partial charge in [-0.15, -0.1) is 0 Å². The van der Waals surface area contributed by atoms with Gasteiger partial charge in [-0.1, -0.05) is 20.8 Å². The molecule has 0 spiro atoms. The van der Waals surface area contributed by atoms with Crippen LogP contribution in [0, 0.1) is 11.3 Å². The first kappa shape index (κ1) is 18.7. The number of likely N-dealkylation sites (tertiary alicyclic amines) is 1. The Kier molecular flexibility index (Phi) is 5.85. The fourth-order valence-electron chi connectivity index (χ4n) is 3.22. The number of piperazine rings is 1. The monoisotopic (exact) mass is 339 g/mol. The highest BCUT2D eigenvalue weighted by molar-refractivity contribution is 5.89. The Morgan fingerprint density at radius 1 is 1.12 bits per heavy atom. The molecule has 1 unspecified atom stereocenters. The fourth-order valence-corrected chi connectivity index (χ4v) is 3.22. The zero-order chi connectivity index (χ0) is 17.9. The summed E-state index contributed by atoms with van der Waals surface area (Å²) >= 11 is 0. The van der Waals surface area contributed by atoms with E-state index in [2.05, 4.69) is 0 Å². The van der Waals surface area contributed by atoms with E-state index in [1.807, 2.05) is 25.7 Å². The minimum Gasteiger partial charge on any atom is -0.383 e. The molecule has 2 rings (SSSR count). The predicted molar refractivity (Wildman–Crippen MR) is 89.2 cm³/mol. The first-order valence-corrected chi connectivity index (χ1v) is 8.59. The normalized spacial score (nSPS) is 22.2. The van der Waals surface area contributed by atoms with E-state index in [9.17, 15) is 14.4 Å². The molecular formula is C17H29N3O4. The molecule has 136 valence electrons.